The standard InChI is InChI=1S/C15H19NO/c1-4-13-10(2)14(16-11(13)3)15(17)12-8-6-5-7-9-12/h5-9,15-17H,4H2,1-3H3. The second kappa shape index (κ2) is 4.76. The first-order valence-electron chi connectivity index (χ1n) is 6.06. The minimum atomic E-state index is -0.560. The van der Waals surface area contributed by atoms with E-state index in [1.54, 1.807) is 0 Å². The van der Waals surface area contributed by atoms with Gasteiger partial charge in [-0.2, -0.15) is 0 Å². The van der Waals surface area contributed by atoms with Gasteiger partial charge in [-0.15, -0.1) is 0 Å². The van der Waals surface area contributed by atoms with Crippen LogP contribution < -0.4 is 0 Å². The molecule has 0 radical (unpaired) electrons. The highest BCUT2D eigenvalue weighted by molar-refractivity contribution is 5.40. The number of benzene rings is 1. The molecule has 2 aromatic rings. The first-order chi connectivity index (χ1) is 8.15. The molecular formula is C15H19NO. The van der Waals surface area contributed by atoms with Gasteiger partial charge in [0.1, 0.15) is 6.10 Å². The minimum absolute atomic E-state index is 0.560. The zero-order valence-electron chi connectivity index (χ0n) is 10.6. The zero-order chi connectivity index (χ0) is 12.4. The van der Waals surface area contributed by atoms with Crippen molar-refractivity contribution in [3.63, 3.8) is 0 Å². The number of aliphatic hydroxyl groups is 1. The Labute approximate surface area is 102 Å². The molecule has 2 rings (SSSR count). The summed E-state index contributed by atoms with van der Waals surface area (Å²) < 4.78 is 0. The number of rotatable bonds is 3. The lowest BCUT2D eigenvalue weighted by atomic mass is 10.0. The van der Waals surface area contributed by atoms with Crippen LogP contribution >= 0.6 is 0 Å². The lowest BCUT2D eigenvalue weighted by molar-refractivity contribution is 0.215. The van der Waals surface area contributed by atoms with Gasteiger partial charge >= 0.3 is 0 Å². The van der Waals surface area contributed by atoms with Crippen molar-refractivity contribution in [1.82, 2.24) is 4.98 Å². The number of aliphatic hydroxyl groups excluding tert-OH is 1. The van der Waals surface area contributed by atoms with Crippen molar-refractivity contribution in [2.45, 2.75) is 33.3 Å². The Morgan fingerprint density at radius 2 is 1.82 bits per heavy atom. The van der Waals surface area contributed by atoms with Crippen molar-refractivity contribution in [3.05, 3.63) is 58.4 Å². The highest BCUT2D eigenvalue weighted by atomic mass is 16.3. The summed E-state index contributed by atoms with van der Waals surface area (Å²) in [5.74, 6) is 0. The van der Waals surface area contributed by atoms with Crippen LogP contribution in [0, 0.1) is 13.8 Å². The van der Waals surface area contributed by atoms with Gasteiger partial charge in [0.25, 0.3) is 0 Å². The van der Waals surface area contributed by atoms with E-state index in [0.29, 0.717) is 0 Å². The predicted molar refractivity (Wildman–Crippen MR) is 70.1 cm³/mol. The maximum atomic E-state index is 10.4. The molecule has 2 nitrogen and oxygen atoms in total. The fraction of sp³-hybridized carbons (Fsp3) is 0.333. The first-order valence-corrected chi connectivity index (χ1v) is 6.06. The van der Waals surface area contributed by atoms with Crippen molar-refractivity contribution in [2.24, 2.45) is 0 Å². The summed E-state index contributed by atoms with van der Waals surface area (Å²) in [5, 5.41) is 10.4. The van der Waals surface area contributed by atoms with Gasteiger partial charge < -0.3 is 10.1 Å². The number of H-pyrrole nitrogens is 1. The van der Waals surface area contributed by atoms with Gasteiger partial charge in [-0.25, -0.2) is 0 Å². The fourth-order valence-corrected chi connectivity index (χ4v) is 2.42. The van der Waals surface area contributed by atoms with Gasteiger partial charge in [-0.3, -0.25) is 0 Å². The Bertz CT molecular complexity index is 499. The number of aromatic amines is 1. The Kier molecular flexibility index (Phi) is 3.34. The van der Waals surface area contributed by atoms with Crippen LogP contribution in [-0.2, 0) is 6.42 Å². The summed E-state index contributed by atoms with van der Waals surface area (Å²) in [7, 11) is 0. The van der Waals surface area contributed by atoms with E-state index >= 15 is 0 Å². The largest absolute Gasteiger partial charge is 0.382 e. The number of hydrogen-bond donors (Lipinski definition) is 2. The number of nitrogens with one attached hydrogen (secondary N) is 1. The molecule has 0 fully saturated rings. The van der Waals surface area contributed by atoms with Crippen molar-refractivity contribution in [2.75, 3.05) is 0 Å². The summed E-state index contributed by atoms with van der Waals surface area (Å²) in [6, 6.07) is 9.76. The summed E-state index contributed by atoms with van der Waals surface area (Å²) in [4.78, 5) is 3.31. The van der Waals surface area contributed by atoms with Crippen LogP contribution in [0.15, 0.2) is 30.3 Å². The quantitative estimate of drug-likeness (QED) is 0.832. The van der Waals surface area contributed by atoms with Crippen LogP contribution in [0.3, 0.4) is 0 Å². The lowest BCUT2D eigenvalue weighted by Crippen LogP contribution is -2.01. The Hall–Kier alpha value is -1.54. The van der Waals surface area contributed by atoms with Gasteiger partial charge in [0.15, 0.2) is 0 Å². The minimum Gasteiger partial charge on any atom is -0.382 e. The molecule has 17 heavy (non-hydrogen) atoms. The molecule has 0 spiro atoms. The van der Waals surface area contributed by atoms with E-state index in [4.69, 9.17) is 0 Å². The smallest absolute Gasteiger partial charge is 0.119 e. The third kappa shape index (κ3) is 2.13. The van der Waals surface area contributed by atoms with Crippen LogP contribution in [0.4, 0.5) is 0 Å². The van der Waals surface area contributed by atoms with Gasteiger partial charge in [0, 0.05) is 5.69 Å². The van der Waals surface area contributed by atoms with E-state index < -0.39 is 6.10 Å². The molecule has 0 amide bonds. The van der Waals surface area contributed by atoms with Crippen LogP contribution in [0.2, 0.25) is 0 Å². The van der Waals surface area contributed by atoms with E-state index in [1.807, 2.05) is 30.3 Å². The summed E-state index contributed by atoms with van der Waals surface area (Å²) in [5.41, 5.74) is 5.51. The fourth-order valence-electron chi connectivity index (χ4n) is 2.42. The molecule has 0 aliphatic carbocycles. The molecule has 1 aromatic carbocycles. The molecule has 1 heterocycles. The lowest BCUT2D eigenvalue weighted by Gasteiger charge is -2.11. The molecule has 0 bridgehead atoms. The normalized spacial score (nSPS) is 12.7. The topological polar surface area (TPSA) is 36.0 Å². The van der Waals surface area contributed by atoms with Crippen molar-refractivity contribution in [3.8, 4) is 0 Å². The number of hydrogen-bond acceptors (Lipinski definition) is 1. The third-order valence-electron chi connectivity index (χ3n) is 3.37. The van der Waals surface area contributed by atoms with Gasteiger partial charge in [-0.1, -0.05) is 37.3 Å². The van der Waals surface area contributed by atoms with E-state index in [-0.39, 0.29) is 0 Å². The summed E-state index contributed by atoms with van der Waals surface area (Å²) in [6.45, 7) is 6.28. The average molecular weight is 229 g/mol. The molecule has 0 aliphatic rings. The van der Waals surface area contributed by atoms with Crippen LogP contribution in [0.1, 0.15) is 41.1 Å². The number of aromatic nitrogens is 1. The predicted octanol–water partition coefficient (Wildman–Crippen LogP) is 3.28. The van der Waals surface area contributed by atoms with Crippen molar-refractivity contribution in [1.29, 1.82) is 0 Å². The molecule has 1 atom stereocenters. The molecule has 2 heteroatoms. The second-order valence-corrected chi connectivity index (χ2v) is 4.43. The molecule has 2 N–H and O–H groups in total. The molecule has 1 unspecified atom stereocenters. The monoisotopic (exact) mass is 229 g/mol. The van der Waals surface area contributed by atoms with E-state index in [2.05, 4.69) is 25.8 Å². The van der Waals surface area contributed by atoms with E-state index in [9.17, 15) is 5.11 Å². The van der Waals surface area contributed by atoms with Gasteiger partial charge in [-0.05, 0) is 37.0 Å². The summed E-state index contributed by atoms with van der Waals surface area (Å²) in [6.07, 6.45) is 0.436. The van der Waals surface area contributed by atoms with Gasteiger partial charge in [0.2, 0.25) is 0 Å². The molecule has 0 saturated heterocycles. The van der Waals surface area contributed by atoms with Crippen molar-refractivity contribution >= 4 is 0 Å². The maximum absolute atomic E-state index is 10.4. The molecule has 90 valence electrons. The van der Waals surface area contributed by atoms with Crippen LogP contribution in [0.25, 0.3) is 0 Å². The first kappa shape index (κ1) is 11.9. The number of aryl methyl sites for hydroxylation is 1. The Morgan fingerprint density at radius 1 is 1.18 bits per heavy atom. The Morgan fingerprint density at radius 3 is 2.35 bits per heavy atom. The summed E-state index contributed by atoms with van der Waals surface area (Å²) >= 11 is 0. The average Bonchev–Trinajstić information content (AvgIpc) is 2.64. The van der Waals surface area contributed by atoms with Gasteiger partial charge in [0.05, 0.1) is 5.69 Å². The zero-order valence-corrected chi connectivity index (χ0v) is 10.6. The molecule has 1 aromatic heterocycles. The molecule has 0 saturated carbocycles. The van der Waals surface area contributed by atoms with E-state index in [1.165, 1.54) is 11.1 Å². The highest BCUT2D eigenvalue weighted by Gasteiger charge is 2.17. The van der Waals surface area contributed by atoms with Crippen molar-refractivity contribution < 1.29 is 5.11 Å². The molecular weight excluding hydrogens is 210 g/mol. The third-order valence-corrected chi connectivity index (χ3v) is 3.37. The Balaban J connectivity index is 2.41. The van der Waals surface area contributed by atoms with Crippen LogP contribution in [0.5, 0.6) is 0 Å². The SMILES string of the molecule is CCc1c(C)[nH]c(C(O)c2ccccc2)c1C. The highest BCUT2D eigenvalue weighted by Crippen LogP contribution is 2.27. The van der Waals surface area contributed by atoms with E-state index in [0.717, 1.165) is 23.4 Å². The molecule has 0 aliphatic heterocycles. The van der Waals surface area contributed by atoms with Crippen LogP contribution in [-0.4, -0.2) is 10.1 Å². The maximum Gasteiger partial charge on any atom is 0.119 e. The second-order valence-electron chi connectivity index (χ2n) is 4.43.